The third-order valence-corrected chi connectivity index (χ3v) is 4.98. The van der Waals surface area contributed by atoms with E-state index < -0.39 is 10.0 Å². The fraction of sp³-hybridized carbons (Fsp3) is 0.533. The summed E-state index contributed by atoms with van der Waals surface area (Å²) in [5.41, 5.74) is -0.0156. The van der Waals surface area contributed by atoms with Gasteiger partial charge in [0.1, 0.15) is 0 Å². The number of ether oxygens (including phenoxy) is 1. The standard InChI is InChI=1S/C15H22N2O4S/c1-4-16-22(19,20)13-7-5-6-12(10-13)14(18)17-8-9-21-15(2,3)11-17/h5-7,10,16H,4,8-9,11H2,1-3H3. The molecule has 1 amide bonds. The number of nitrogens with zero attached hydrogens (tertiary/aromatic N) is 1. The summed E-state index contributed by atoms with van der Waals surface area (Å²) < 4.78 is 32.1. The average molecular weight is 326 g/mol. The summed E-state index contributed by atoms with van der Waals surface area (Å²) in [5.74, 6) is -0.176. The maximum atomic E-state index is 12.6. The highest BCUT2D eigenvalue weighted by Crippen LogP contribution is 2.19. The summed E-state index contributed by atoms with van der Waals surface area (Å²) in [5, 5.41) is 0. The van der Waals surface area contributed by atoms with Crippen LogP contribution in [0.1, 0.15) is 31.1 Å². The molecule has 0 saturated carbocycles. The molecular formula is C15H22N2O4S. The Bertz CT molecular complexity index is 655. The molecule has 0 bridgehead atoms. The number of benzene rings is 1. The second-order valence-corrected chi connectivity index (χ2v) is 7.63. The van der Waals surface area contributed by atoms with Crippen LogP contribution < -0.4 is 4.72 Å². The Balaban J connectivity index is 2.24. The molecular weight excluding hydrogens is 304 g/mol. The highest BCUT2D eigenvalue weighted by atomic mass is 32.2. The van der Waals surface area contributed by atoms with Gasteiger partial charge in [0.2, 0.25) is 10.0 Å². The van der Waals surface area contributed by atoms with Crippen molar-refractivity contribution in [3.05, 3.63) is 29.8 Å². The van der Waals surface area contributed by atoms with Gasteiger partial charge in [0.25, 0.3) is 5.91 Å². The van der Waals surface area contributed by atoms with Gasteiger partial charge in [-0.15, -0.1) is 0 Å². The topological polar surface area (TPSA) is 75.7 Å². The summed E-state index contributed by atoms with van der Waals surface area (Å²) in [6.45, 7) is 7.34. The van der Waals surface area contributed by atoms with Crippen molar-refractivity contribution < 1.29 is 17.9 Å². The lowest BCUT2D eigenvalue weighted by Crippen LogP contribution is -2.50. The summed E-state index contributed by atoms with van der Waals surface area (Å²) in [7, 11) is -3.57. The van der Waals surface area contributed by atoms with Crippen LogP contribution in [0.4, 0.5) is 0 Å². The highest BCUT2D eigenvalue weighted by Gasteiger charge is 2.30. The molecule has 1 N–H and O–H groups in total. The zero-order valence-electron chi connectivity index (χ0n) is 13.1. The summed E-state index contributed by atoms with van der Waals surface area (Å²) in [6.07, 6.45) is 0. The molecule has 122 valence electrons. The van der Waals surface area contributed by atoms with Crippen LogP contribution in [0, 0.1) is 0 Å². The Kier molecular flexibility index (Phi) is 4.89. The predicted octanol–water partition coefficient (Wildman–Crippen LogP) is 1.24. The van der Waals surface area contributed by atoms with E-state index in [1.165, 1.54) is 12.1 Å². The zero-order valence-corrected chi connectivity index (χ0v) is 13.9. The molecule has 0 aliphatic carbocycles. The van der Waals surface area contributed by atoms with E-state index in [1.807, 2.05) is 13.8 Å². The van der Waals surface area contributed by atoms with Crippen LogP contribution >= 0.6 is 0 Å². The molecule has 22 heavy (non-hydrogen) atoms. The monoisotopic (exact) mass is 326 g/mol. The lowest BCUT2D eigenvalue weighted by Gasteiger charge is -2.38. The number of hydrogen-bond acceptors (Lipinski definition) is 4. The molecule has 7 heteroatoms. The van der Waals surface area contributed by atoms with Crippen LogP contribution in [-0.2, 0) is 14.8 Å². The maximum Gasteiger partial charge on any atom is 0.254 e. The molecule has 1 aliphatic heterocycles. The van der Waals surface area contributed by atoms with Gasteiger partial charge < -0.3 is 9.64 Å². The fourth-order valence-electron chi connectivity index (χ4n) is 2.44. The fourth-order valence-corrected chi connectivity index (χ4v) is 3.53. The SMILES string of the molecule is CCNS(=O)(=O)c1cccc(C(=O)N2CCOC(C)(C)C2)c1. The number of carbonyl (C=O) groups excluding carboxylic acids is 1. The summed E-state index contributed by atoms with van der Waals surface area (Å²) in [4.78, 5) is 14.4. The van der Waals surface area contributed by atoms with Crippen molar-refractivity contribution in [3.63, 3.8) is 0 Å². The molecule has 0 aromatic heterocycles. The molecule has 0 unspecified atom stereocenters. The zero-order chi connectivity index (χ0) is 16.4. The van der Waals surface area contributed by atoms with Gasteiger partial charge in [-0.2, -0.15) is 0 Å². The van der Waals surface area contributed by atoms with Gasteiger partial charge in [-0.1, -0.05) is 13.0 Å². The number of amides is 1. The largest absolute Gasteiger partial charge is 0.372 e. The Morgan fingerprint density at radius 2 is 2.14 bits per heavy atom. The molecule has 1 fully saturated rings. The quantitative estimate of drug-likeness (QED) is 0.903. The van der Waals surface area contributed by atoms with Gasteiger partial charge >= 0.3 is 0 Å². The van der Waals surface area contributed by atoms with E-state index in [4.69, 9.17) is 4.74 Å². The molecule has 0 atom stereocenters. The van der Waals surface area contributed by atoms with Crippen molar-refractivity contribution in [2.24, 2.45) is 0 Å². The number of rotatable bonds is 4. The van der Waals surface area contributed by atoms with Crippen molar-refractivity contribution in [1.82, 2.24) is 9.62 Å². The van der Waals surface area contributed by atoms with Crippen molar-refractivity contribution in [2.45, 2.75) is 31.3 Å². The van der Waals surface area contributed by atoms with Crippen LogP contribution in [0.5, 0.6) is 0 Å². The first-order valence-corrected chi connectivity index (χ1v) is 8.76. The lowest BCUT2D eigenvalue weighted by molar-refractivity contribution is -0.0764. The van der Waals surface area contributed by atoms with Gasteiger partial charge in [0.15, 0.2) is 0 Å². The van der Waals surface area contributed by atoms with Gasteiger partial charge in [-0.25, -0.2) is 13.1 Å². The van der Waals surface area contributed by atoms with Crippen molar-refractivity contribution >= 4 is 15.9 Å². The second kappa shape index (κ2) is 6.36. The Morgan fingerprint density at radius 1 is 1.41 bits per heavy atom. The van der Waals surface area contributed by atoms with Crippen LogP contribution in [0.3, 0.4) is 0 Å². The van der Waals surface area contributed by atoms with Crippen molar-refractivity contribution in [3.8, 4) is 0 Å². The maximum absolute atomic E-state index is 12.6. The Hall–Kier alpha value is -1.44. The average Bonchev–Trinajstić information content (AvgIpc) is 2.45. The third-order valence-electron chi connectivity index (χ3n) is 3.44. The summed E-state index contributed by atoms with van der Waals surface area (Å²) in [6, 6.07) is 6.12. The van der Waals surface area contributed by atoms with Gasteiger partial charge in [0, 0.05) is 25.2 Å². The smallest absolute Gasteiger partial charge is 0.254 e. The lowest BCUT2D eigenvalue weighted by atomic mass is 10.1. The minimum atomic E-state index is -3.57. The van der Waals surface area contributed by atoms with Gasteiger partial charge in [0.05, 0.1) is 17.1 Å². The van der Waals surface area contributed by atoms with Gasteiger partial charge in [-0.05, 0) is 32.0 Å². The van der Waals surface area contributed by atoms with Gasteiger partial charge in [-0.3, -0.25) is 4.79 Å². The molecule has 1 saturated heterocycles. The van der Waals surface area contributed by atoms with E-state index in [9.17, 15) is 13.2 Å². The number of nitrogens with one attached hydrogen (secondary N) is 1. The number of carbonyl (C=O) groups is 1. The van der Waals surface area contributed by atoms with Crippen molar-refractivity contribution in [2.75, 3.05) is 26.2 Å². The molecule has 2 rings (SSSR count). The Labute approximate surface area is 131 Å². The van der Waals surface area contributed by atoms with E-state index >= 15 is 0 Å². The third kappa shape index (κ3) is 3.85. The normalized spacial score (nSPS) is 18.2. The summed E-state index contributed by atoms with van der Waals surface area (Å²) >= 11 is 0. The molecule has 6 nitrogen and oxygen atoms in total. The first-order valence-electron chi connectivity index (χ1n) is 7.28. The minimum Gasteiger partial charge on any atom is -0.372 e. The number of sulfonamides is 1. The number of hydrogen-bond donors (Lipinski definition) is 1. The first kappa shape index (κ1) is 16.9. The van der Waals surface area contributed by atoms with Crippen molar-refractivity contribution in [1.29, 1.82) is 0 Å². The number of morpholine rings is 1. The molecule has 1 aliphatic rings. The first-order chi connectivity index (χ1) is 10.2. The molecule has 1 aromatic carbocycles. The molecule has 1 aromatic rings. The van der Waals surface area contributed by atoms with Crippen LogP contribution in [0.2, 0.25) is 0 Å². The molecule has 1 heterocycles. The Morgan fingerprint density at radius 3 is 2.77 bits per heavy atom. The minimum absolute atomic E-state index is 0.104. The van der Waals surface area contributed by atoms with E-state index in [0.717, 1.165) is 0 Å². The van der Waals surface area contributed by atoms with E-state index in [0.29, 0.717) is 31.8 Å². The van der Waals surface area contributed by atoms with E-state index in [1.54, 1.807) is 24.0 Å². The molecule has 0 spiro atoms. The van der Waals surface area contributed by atoms with Crippen LogP contribution in [-0.4, -0.2) is 51.1 Å². The highest BCUT2D eigenvalue weighted by molar-refractivity contribution is 7.89. The van der Waals surface area contributed by atoms with E-state index in [-0.39, 0.29) is 16.4 Å². The van der Waals surface area contributed by atoms with Crippen LogP contribution in [0.25, 0.3) is 0 Å². The predicted molar refractivity (Wildman–Crippen MR) is 83.2 cm³/mol. The molecule has 0 radical (unpaired) electrons. The van der Waals surface area contributed by atoms with Crippen LogP contribution in [0.15, 0.2) is 29.2 Å². The van der Waals surface area contributed by atoms with E-state index in [2.05, 4.69) is 4.72 Å². The second-order valence-electron chi connectivity index (χ2n) is 5.86.